The monoisotopic (exact) mass is 1150 g/mol. The minimum atomic E-state index is -4.99. The van der Waals surface area contributed by atoms with E-state index in [2.05, 4.69) is 45.8 Å². The van der Waals surface area contributed by atoms with E-state index in [1.165, 1.54) is 25.1 Å². The zero-order valence-electron chi connectivity index (χ0n) is 37.7. The zero-order chi connectivity index (χ0) is 50.0. The molecule has 72 heavy (non-hydrogen) atoms. The molecule has 0 atom stereocenters. The number of aromatic nitrogens is 5. The first-order chi connectivity index (χ1) is 31.7. The molecule has 7 N–H and O–H groups in total. The molecule has 358 valence electrons. The molecule has 0 fully saturated rings. The van der Waals surface area contributed by atoms with E-state index < -0.39 is 101 Å². The number of fused-ring (bicyclic) bond motifs is 1. The number of benzene rings is 5. The molecule has 0 saturated carbocycles. The molecule has 27 nitrogen and oxygen atoms in total. The Morgan fingerprint density at radius 3 is 1.94 bits per heavy atom. The number of carboxylic acids is 1. The van der Waals surface area contributed by atoms with Crippen LogP contribution in [0.3, 0.4) is 0 Å². The number of anilines is 2. The van der Waals surface area contributed by atoms with Crippen LogP contribution in [0.4, 0.5) is 40.1 Å². The Hall–Kier alpha value is -4.31. The average molecular weight is 1160 g/mol. The van der Waals surface area contributed by atoms with Crippen LogP contribution in [0.25, 0.3) is 16.5 Å². The number of rotatable bonds is 12. The molecule has 0 bridgehead atoms. The number of azo groups is 2. The number of para-hydroxylation sites is 1. The van der Waals surface area contributed by atoms with Crippen molar-refractivity contribution in [3.05, 3.63) is 127 Å². The number of halogens is 2. The standard InChI is InChI=1S/C20H12Cl2N6O9S2.C16H12N5O7S.Cr.3Na/c21-18-24-19(22)26-20(25-18)23-9-2-1-8-5-14(39(35,36)37)15(16(29)11(8)6-9)28-27-13-4-3-10(38(32,33)34)7-12(13)17(30)31;1-9-14(16(23)20(19-9)10-5-3-2-4-6-10)18-17-12-7-11(21(24)25)8-13(15(12)22)29(26,27)28;;;;/h1-7,29H,(H,30,31)(H,32,33,34)(H,35,36,37)(H,23,24,25,26);2-8,22H,1H3,(H,26,27,28);;;;/q;-1;;3*+1/p+1. The van der Waals surface area contributed by atoms with Crippen molar-refractivity contribution in [2.45, 2.75) is 21.6 Å². The maximum absolute atomic E-state index is 12.5. The number of phenolic OH excluding ortho intramolecular Hbond substituents is 2. The van der Waals surface area contributed by atoms with Crippen molar-refractivity contribution in [3.63, 3.8) is 0 Å². The van der Waals surface area contributed by atoms with Gasteiger partial charge < -0.3 is 30.5 Å². The van der Waals surface area contributed by atoms with Crippen LogP contribution in [0.2, 0.25) is 10.6 Å². The summed E-state index contributed by atoms with van der Waals surface area (Å²) in [4.78, 5) is 42.8. The van der Waals surface area contributed by atoms with Gasteiger partial charge >= 0.3 is 96.1 Å². The Balaban J connectivity index is 0.000000708. The van der Waals surface area contributed by atoms with Crippen LogP contribution < -0.4 is 99.5 Å². The first kappa shape index (κ1) is 63.8. The number of aromatic carboxylic acids is 1. The van der Waals surface area contributed by atoms with E-state index >= 15 is 0 Å². The molecular formula is C36H25Cl2CrN11Na3O16S3+3. The Morgan fingerprint density at radius 2 is 1.39 bits per heavy atom. The van der Waals surface area contributed by atoms with Gasteiger partial charge in [0.2, 0.25) is 16.5 Å². The molecular weight excluding hydrogens is 1130 g/mol. The molecule has 0 saturated heterocycles. The van der Waals surface area contributed by atoms with Gasteiger partial charge in [0.1, 0.15) is 32.4 Å². The summed E-state index contributed by atoms with van der Waals surface area (Å²) in [5.74, 6) is -3.53. The van der Waals surface area contributed by atoms with Gasteiger partial charge in [-0.15, -0.1) is 15.9 Å². The number of nitrogens with one attached hydrogen (secondary N) is 1. The maximum Gasteiger partial charge on any atom is 1.00 e. The smallest absolute Gasteiger partial charge is 0.505 e. The van der Waals surface area contributed by atoms with Gasteiger partial charge in [-0.3, -0.25) is 23.8 Å². The van der Waals surface area contributed by atoms with Crippen molar-refractivity contribution in [1.29, 1.82) is 0 Å². The van der Waals surface area contributed by atoms with Crippen LogP contribution >= 0.6 is 23.2 Å². The molecule has 0 aliphatic rings. The normalized spacial score (nSPS) is 11.4. The van der Waals surface area contributed by atoms with E-state index in [-0.39, 0.29) is 152 Å². The van der Waals surface area contributed by atoms with Gasteiger partial charge in [-0.05, 0) is 77.1 Å². The summed E-state index contributed by atoms with van der Waals surface area (Å²) in [5.41, 5.74) is -3.27. The summed E-state index contributed by atoms with van der Waals surface area (Å²) in [5, 5.41) is 62.4. The molecule has 0 radical (unpaired) electrons. The number of carboxylic acid groups (broad SMARTS) is 1. The first-order valence-corrected chi connectivity index (χ1v) is 22.9. The number of nitro benzene ring substituents is 1. The van der Waals surface area contributed by atoms with E-state index in [1.54, 1.807) is 30.3 Å². The molecule has 0 spiro atoms. The van der Waals surface area contributed by atoms with E-state index in [4.69, 9.17) is 32.3 Å². The van der Waals surface area contributed by atoms with E-state index in [1.807, 2.05) is 0 Å². The van der Waals surface area contributed by atoms with Crippen LogP contribution in [-0.2, 0) is 47.7 Å². The van der Waals surface area contributed by atoms with E-state index in [9.17, 15) is 64.8 Å². The second kappa shape index (κ2) is 25.8. The van der Waals surface area contributed by atoms with Gasteiger partial charge in [0.25, 0.3) is 36.0 Å². The number of aromatic hydroxyl groups is 2. The predicted molar refractivity (Wildman–Crippen MR) is 236 cm³/mol. The Kier molecular flexibility index (Phi) is 22.8. The number of phenols is 2. The first-order valence-electron chi connectivity index (χ1n) is 17.8. The molecule has 36 heteroatoms. The van der Waals surface area contributed by atoms with Gasteiger partial charge in [-0.25, -0.2) is 14.6 Å². The molecule has 0 aliphatic heterocycles. The van der Waals surface area contributed by atoms with Crippen molar-refractivity contribution >= 4 is 110 Å². The van der Waals surface area contributed by atoms with Crippen LogP contribution in [0.5, 0.6) is 11.5 Å². The van der Waals surface area contributed by atoms with Crippen molar-refractivity contribution < 1.29 is 171 Å². The Morgan fingerprint density at radius 1 is 0.778 bits per heavy atom. The van der Waals surface area contributed by atoms with Crippen molar-refractivity contribution in [2.75, 3.05) is 5.32 Å². The second-order valence-electron chi connectivity index (χ2n) is 13.2. The zero-order valence-corrected chi connectivity index (χ0v) is 47.9. The van der Waals surface area contributed by atoms with Crippen LogP contribution in [0.1, 0.15) is 17.5 Å². The molecule has 7 rings (SSSR count). The fourth-order valence-electron chi connectivity index (χ4n) is 5.68. The summed E-state index contributed by atoms with van der Waals surface area (Å²) < 4.78 is 98.7. The number of non-ortho nitro benzene ring substituents is 1. The number of carbonyl (C=O) groups is 1. The van der Waals surface area contributed by atoms with Gasteiger partial charge in [-0.2, -0.15) is 45.3 Å². The molecule has 0 amide bonds. The molecule has 5 aromatic carbocycles. The van der Waals surface area contributed by atoms with Gasteiger partial charge in [-0.1, -0.05) is 36.9 Å². The molecule has 7 aromatic rings. The van der Waals surface area contributed by atoms with Gasteiger partial charge in [0.15, 0.2) is 11.5 Å². The quantitative estimate of drug-likeness (QED) is 0.0174. The summed E-state index contributed by atoms with van der Waals surface area (Å²) in [6, 6.07) is 17.1. The van der Waals surface area contributed by atoms with Crippen LogP contribution in [0, 0.1) is 17.0 Å². The topological polar surface area (TPSA) is 419 Å². The third kappa shape index (κ3) is 15.4. The van der Waals surface area contributed by atoms with Gasteiger partial charge in [0, 0.05) is 40.6 Å². The minimum Gasteiger partial charge on any atom is -0.505 e. The van der Waals surface area contributed by atoms with Crippen molar-refractivity contribution in [3.8, 4) is 17.2 Å². The Bertz CT molecular complexity index is 3700. The molecule has 2 aromatic heterocycles. The van der Waals surface area contributed by atoms with Crippen molar-refractivity contribution in [2.24, 2.45) is 20.5 Å². The number of nitrogens with zero attached hydrogens (tertiary/aromatic N) is 10. The predicted octanol–water partition coefficient (Wildman–Crippen LogP) is -1.95. The third-order valence-corrected chi connectivity index (χ3v) is 11.6. The maximum atomic E-state index is 12.5. The third-order valence-electron chi connectivity index (χ3n) is 8.70. The van der Waals surface area contributed by atoms with Crippen LogP contribution in [0.15, 0.2) is 125 Å². The van der Waals surface area contributed by atoms with Crippen molar-refractivity contribution in [1.82, 2.24) is 24.7 Å². The number of hydrogen-bond donors (Lipinski definition) is 7. The SMILES string of the molecule is Cc1nn(-c2ccccc2)c(=O)[c-]1N=Nc1cc([N+](=O)[O-])cc(S(=O)(=O)O)c1O.O=C(O)c1cc(S(=O)(=O)O)ccc1N=Nc1c(S(=O)(=O)O)cc2ccc(Nc3nc(Cl)nc(Cl)n3)cc2c1O.[Cr].[H+].[Na+].[Na+].[Na+]. The summed E-state index contributed by atoms with van der Waals surface area (Å²) in [7, 11) is -14.7. The molecule has 2 heterocycles. The Labute approximate surface area is 492 Å². The summed E-state index contributed by atoms with van der Waals surface area (Å²) >= 11 is 11.5. The fourth-order valence-corrected chi connectivity index (χ4v) is 7.83. The number of aryl methyl sites for hydroxylation is 1. The summed E-state index contributed by atoms with van der Waals surface area (Å²) in [6.45, 7) is 1.48. The summed E-state index contributed by atoms with van der Waals surface area (Å²) in [6.07, 6.45) is 0. The number of hydrogen-bond acceptors (Lipinski definition) is 21. The molecule has 0 unspecified atom stereocenters. The molecule has 0 aliphatic carbocycles. The second-order valence-corrected chi connectivity index (χ2v) is 18.1. The van der Waals surface area contributed by atoms with E-state index in [0.29, 0.717) is 17.8 Å². The fraction of sp³-hybridized carbons (Fsp3) is 0.0278. The largest absolute Gasteiger partial charge is 1.00 e. The van der Waals surface area contributed by atoms with E-state index in [0.717, 1.165) is 28.9 Å². The van der Waals surface area contributed by atoms with Gasteiger partial charge in [0.05, 0.1) is 21.1 Å². The average Bonchev–Trinajstić information content (AvgIpc) is 3.53. The number of nitro groups is 1. The minimum absolute atomic E-state index is 0. The van der Waals surface area contributed by atoms with Crippen LogP contribution in [-0.4, -0.2) is 89.9 Å².